The van der Waals surface area contributed by atoms with E-state index >= 15 is 0 Å². The quantitative estimate of drug-likeness (QED) is 0.306. The van der Waals surface area contributed by atoms with Gasteiger partial charge in [0.25, 0.3) is 0 Å². The number of hydrogen-bond acceptors (Lipinski definition) is 8. The fourth-order valence-corrected chi connectivity index (χ4v) is 8.15. The van der Waals surface area contributed by atoms with Crippen molar-refractivity contribution in [3.63, 3.8) is 0 Å². The molecule has 11 heteroatoms. The Morgan fingerprint density at radius 3 is 2.49 bits per heavy atom. The van der Waals surface area contributed by atoms with Crippen molar-refractivity contribution in [2.24, 2.45) is 5.92 Å². The van der Waals surface area contributed by atoms with Crippen molar-refractivity contribution in [1.29, 1.82) is 0 Å². The molecule has 3 N–H and O–H groups in total. The van der Waals surface area contributed by atoms with Gasteiger partial charge in [0.05, 0.1) is 21.7 Å². The minimum absolute atomic E-state index is 0.0880. The van der Waals surface area contributed by atoms with E-state index in [0.717, 1.165) is 24.8 Å². The van der Waals surface area contributed by atoms with Crippen molar-refractivity contribution in [3.05, 3.63) is 53.6 Å². The van der Waals surface area contributed by atoms with Gasteiger partial charge in [-0.25, -0.2) is 13.4 Å². The predicted octanol–water partition coefficient (Wildman–Crippen LogP) is 4.74. The number of hydrogen-bond donors (Lipinski definition) is 3. The van der Waals surface area contributed by atoms with Crippen molar-refractivity contribution in [2.45, 2.75) is 68.5 Å². The molecule has 2 aromatic carbocycles. The number of aromatic nitrogens is 2. The third-order valence-corrected chi connectivity index (χ3v) is 10.4. The summed E-state index contributed by atoms with van der Waals surface area (Å²) in [6.07, 6.45) is 3.44. The smallest absolute Gasteiger partial charge is 0.245 e. The normalized spacial score (nSPS) is 23.3. The molecule has 1 aromatic heterocycles. The number of carbonyl (C=O) groups is 1. The van der Waals surface area contributed by atoms with Crippen LogP contribution in [-0.4, -0.2) is 72.7 Å². The van der Waals surface area contributed by atoms with Crippen LogP contribution in [-0.2, 0) is 14.6 Å². The summed E-state index contributed by atoms with van der Waals surface area (Å²) >= 11 is 6.28. The first-order valence-electron chi connectivity index (χ1n) is 14.3. The van der Waals surface area contributed by atoms with Gasteiger partial charge in [-0.15, -0.1) is 0 Å². The Balaban J connectivity index is 1.42. The summed E-state index contributed by atoms with van der Waals surface area (Å²) < 4.78 is 27.4. The average molecular weight is 599 g/mol. The second kappa shape index (κ2) is 12.1. The summed E-state index contributed by atoms with van der Waals surface area (Å²) in [7, 11) is -1.88. The molecule has 0 radical (unpaired) electrons. The average Bonchev–Trinajstić information content (AvgIpc) is 3.33. The van der Waals surface area contributed by atoms with Crippen LogP contribution in [0, 0.1) is 5.92 Å². The van der Waals surface area contributed by atoms with Crippen LogP contribution in [0.3, 0.4) is 0 Å². The fourth-order valence-electron chi connectivity index (χ4n) is 6.09. The van der Waals surface area contributed by atoms with E-state index in [0.29, 0.717) is 65.0 Å². The summed E-state index contributed by atoms with van der Waals surface area (Å²) in [4.78, 5) is 25.3. The highest BCUT2D eigenvalue weighted by atomic mass is 35.5. The van der Waals surface area contributed by atoms with Crippen LogP contribution in [0.4, 0.5) is 11.8 Å². The van der Waals surface area contributed by atoms with Gasteiger partial charge < -0.3 is 20.9 Å². The van der Waals surface area contributed by atoms with Crippen molar-refractivity contribution in [1.82, 2.24) is 20.2 Å². The summed E-state index contributed by atoms with van der Waals surface area (Å²) in [6.45, 7) is 5.75. The molecule has 41 heavy (non-hydrogen) atoms. The van der Waals surface area contributed by atoms with E-state index < -0.39 is 21.4 Å². The largest absolute Gasteiger partial charge is 0.358 e. The van der Waals surface area contributed by atoms with Gasteiger partial charge in [-0.2, -0.15) is 4.98 Å². The molecule has 1 saturated heterocycles. The second-order valence-corrected chi connectivity index (χ2v) is 14.1. The van der Waals surface area contributed by atoms with Gasteiger partial charge in [0.1, 0.15) is 11.9 Å². The summed E-state index contributed by atoms with van der Waals surface area (Å²) in [5.41, 5.74) is -0.0676. The molecule has 1 aliphatic carbocycles. The number of halogens is 1. The molecule has 2 aliphatic rings. The topological polar surface area (TPSA) is 116 Å². The van der Waals surface area contributed by atoms with Gasteiger partial charge in [0.2, 0.25) is 11.9 Å². The van der Waals surface area contributed by atoms with E-state index in [4.69, 9.17) is 11.6 Å². The second-order valence-electron chi connectivity index (χ2n) is 11.7. The number of sulfone groups is 1. The van der Waals surface area contributed by atoms with Crippen molar-refractivity contribution in [2.75, 3.05) is 36.5 Å². The monoisotopic (exact) mass is 598 g/mol. The number of benzene rings is 2. The molecule has 1 amide bonds. The zero-order chi connectivity index (χ0) is 29.2. The molecule has 2 fully saturated rings. The van der Waals surface area contributed by atoms with Crippen LogP contribution in [0.25, 0.3) is 10.9 Å². The van der Waals surface area contributed by atoms with Crippen LogP contribution in [0.2, 0.25) is 5.02 Å². The first-order chi connectivity index (χ1) is 19.6. The van der Waals surface area contributed by atoms with Gasteiger partial charge in [0.15, 0.2) is 9.84 Å². The van der Waals surface area contributed by atoms with Gasteiger partial charge in [-0.05, 0) is 74.9 Å². The molecule has 3 aromatic rings. The first-order valence-corrected chi connectivity index (χ1v) is 16.4. The zero-order valence-corrected chi connectivity index (χ0v) is 25.4. The maximum Gasteiger partial charge on any atom is 0.245 e. The molecular formula is C30H39ClN6O3S. The summed E-state index contributed by atoms with van der Waals surface area (Å²) in [5.74, 6) is 1.30. The van der Waals surface area contributed by atoms with Crippen LogP contribution >= 0.6 is 11.6 Å². The Morgan fingerprint density at radius 1 is 1.07 bits per heavy atom. The van der Waals surface area contributed by atoms with Crippen molar-refractivity contribution >= 4 is 50.0 Å². The molecule has 0 spiro atoms. The zero-order valence-electron chi connectivity index (χ0n) is 23.9. The minimum Gasteiger partial charge on any atom is -0.358 e. The molecule has 5 rings (SSSR count). The number of fused-ring (bicyclic) bond motifs is 1. The highest BCUT2D eigenvalue weighted by Gasteiger charge is 2.49. The Hall–Kier alpha value is -2.95. The number of anilines is 2. The number of likely N-dealkylation sites (tertiary alicyclic amines) is 1. The lowest BCUT2D eigenvalue weighted by atomic mass is 9.79. The van der Waals surface area contributed by atoms with Crippen LogP contribution in [0.5, 0.6) is 0 Å². The molecule has 220 valence electrons. The molecule has 0 unspecified atom stereocenters. The van der Waals surface area contributed by atoms with Crippen molar-refractivity contribution in [3.8, 4) is 0 Å². The number of nitrogens with one attached hydrogen (secondary N) is 3. The standard InChI is InChI=1S/C30H39ClN6O3S/c1-20(2)18-33-22-11-14-30(15-12-22,19-41(39,40)23-7-5-4-6-8-23)37-16-13-26(28(37)38)34-27-24-17-21(31)9-10-25(24)35-29(32-3)36-27/h4-10,17,20,22,26,33H,11-16,18-19H2,1-3H3,(H2,32,34,35,36)/t22?,26-,30?/m0/s1. The predicted molar refractivity (Wildman–Crippen MR) is 164 cm³/mol. The van der Waals surface area contributed by atoms with Gasteiger partial charge in [-0.3, -0.25) is 4.79 Å². The van der Waals surface area contributed by atoms with E-state index in [-0.39, 0.29) is 11.7 Å². The van der Waals surface area contributed by atoms with E-state index in [2.05, 4.69) is 39.8 Å². The molecular weight excluding hydrogens is 560 g/mol. The minimum atomic E-state index is -3.62. The van der Waals surface area contributed by atoms with Gasteiger partial charge in [-0.1, -0.05) is 43.6 Å². The van der Waals surface area contributed by atoms with Gasteiger partial charge in [0, 0.05) is 30.0 Å². The SMILES string of the molecule is CNc1nc(N[C@H]2CCN(C3(CS(=O)(=O)c4ccccc4)CCC(NCC(C)C)CC3)C2=O)c2cc(Cl)ccc2n1. The Morgan fingerprint density at radius 2 is 1.80 bits per heavy atom. The Kier molecular flexibility index (Phi) is 8.73. The molecule has 1 atom stereocenters. The van der Waals surface area contributed by atoms with Gasteiger partial charge >= 0.3 is 0 Å². The van der Waals surface area contributed by atoms with E-state index in [1.807, 2.05) is 17.0 Å². The highest BCUT2D eigenvalue weighted by molar-refractivity contribution is 7.91. The molecule has 2 heterocycles. The van der Waals surface area contributed by atoms with E-state index in [1.54, 1.807) is 43.4 Å². The first kappa shape index (κ1) is 29.5. The lowest BCUT2D eigenvalue weighted by Gasteiger charge is -2.46. The summed E-state index contributed by atoms with van der Waals surface area (Å²) in [6, 6.07) is 13.7. The molecule has 0 bridgehead atoms. The number of rotatable bonds is 10. The highest BCUT2D eigenvalue weighted by Crippen LogP contribution is 2.40. The van der Waals surface area contributed by atoms with E-state index in [9.17, 15) is 13.2 Å². The Bertz CT molecular complexity index is 1490. The van der Waals surface area contributed by atoms with Crippen molar-refractivity contribution < 1.29 is 13.2 Å². The maximum atomic E-state index is 14.1. The summed E-state index contributed by atoms with van der Waals surface area (Å²) in [5, 5.41) is 11.2. The third kappa shape index (κ3) is 6.44. The number of carbonyl (C=O) groups excluding carboxylic acids is 1. The fraction of sp³-hybridized carbons (Fsp3) is 0.500. The lowest BCUT2D eigenvalue weighted by Crippen LogP contribution is -2.58. The molecule has 1 saturated carbocycles. The molecule has 1 aliphatic heterocycles. The van der Waals surface area contributed by atoms with Crippen LogP contribution < -0.4 is 16.0 Å². The van der Waals surface area contributed by atoms with Crippen LogP contribution in [0.1, 0.15) is 46.0 Å². The Labute approximate surface area is 247 Å². The number of amides is 1. The van der Waals surface area contributed by atoms with Crippen LogP contribution in [0.15, 0.2) is 53.4 Å². The number of nitrogens with zero attached hydrogens (tertiary/aromatic N) is 3. The van der Waals surface area contributed by atoms with E-state index in [1.165, 1.54) is 0 Å². The maximum absolute atomic E-state index is 14.1. The molecule has 9 nitrogen and oxygen atoms in total. The third-order valence-electron chi connectivity index (χ3n) is 8.26. The lowest BCUT2D eigenvalue weighted by molar-refractivity contribution is -0.134.